The molecule has 2 rings (SSSR count). The van der Waals surface area contributed by atoms with E-state index >= 15 is 0 Å². The molecule has 110 valence electrons. The predicted molar refractivity (Wildman–Crippen MR) is 81.7 cm³/mol. The van der Waals surface area contributed by atoms with Gasteiger partial charge in [-0.05, 0) is 24.6 Å². The maximum Gasteiger partial charge on any atom is 0.254 e. The van der Waals surface area contributed by atoms with Gasteiger partial charge in [-0.2, -0.15) is 0 Å². The average molecular weight is 342 g/mol. The lowest BCUT2D eigenvalue weighted by Crippen LogP contribution is -2.46. The summed E-state index contributed by atoms with van der Waals surface area (Å²) < 4.78 is 11.1. The van der Waals surface area contributed by atoms with Crippen molar-refractivity contribution < 1.29 is 14.3 Å². The minimum absolute atomic E-state index is 0.0428. The fraction of sp³-hybridized carbons (Fsp3) is 0.533. The van der Waals surface area contributed by atoms with Crippen molar-refractivity contribution in [3.05, 3.63) is 29.8 Å². The van der Waals surface area contributed by atoms with Gasteiger partial charge in [0.25, 0.3) is 5.91 Å². The summed E-state index contributed by atoms with van der Waals surface area (Å²) >= 11 is 3.40. The molecule has 1 aromatic rings. The summed E-state index contributed by atoms with van der Waals surface area (Å²) in [6, 6.07) is 7.39. The molecule has 4 nitrogen and oxygen atoms in total. The normalized spacial score (nSPS) is 18.9. The molecule has 0 saturated carbocycles. The van der Waals surface area contributed by atoms with Gasteiger partial charge in [0.2, 0.25) is 0 Å². The molecule has 0 radical (unpaired) electrons. The van der Waals surface area contributed by atoms with Crippen molar-refractivity contribution in [2.75, 3.05) is 31.6 Å². The molecule has 0 bridgehead atoms. The summed E-state index contributed by atoms with van der Waals surface area (Å²) in [5, 5.41) is 0.746. The highest BCUT2D eigenvalue weighted by molar-refractivity contribution is 9.09. The van der Waals surface area contributed by atoms with E-state index in [0.29, 0.717) is 31.9 Å². The van der Waals surface area contributed by atoms with Crippen LogP contribution in [0.25, 0.3) is 0 Å². The molecule has 1 aliphatic heterocycles. The van der Waals surface area contributed by atoms with Crippen molar-refractivity contribution in [3.8, 4) is 5.75 Å². The number of halogens is 1. The monoisotopic (exact) mass is 341 g/mol. The molecule has 1 amide bonds. The van der Waals surface area contributed by atoms with Gasteiger partial charge in [0.1, 0.15) is 5.75 Å². The Morgan fingerprint density at radius 2 is 2.40 bits per heavy atom. The van der Waals surface area contributed by atoms with Crippen LogP contribution in [-0.4, -0.2) is 48.5 Å². The number of ether oxygens (including phenoxy) is 2. The van der Waals surface area contributed by atoms with Crippen LogP contribution in [0.2, 0.25) is 0 Å². The molecule has 5 heteroatoms. The molecule has 1 saturated heterocycles. The average Bonchev–Trinajstić information content (AvgIpc) is 2.52. The molecule has 1 fully saturated rings. The van der Waals surface area contributed by atoms with E-state index in [1.54, 1.807) is 0 Å². The van der Waals surface area contributed by atoms with Crippen LogP contribution in [0.15, 0.2) is 24.3 Å². The highest BCUT2D eigenvalue weighted by Gasteiger charge is 2.24. The third-order valence-electron chi connectivity index (χ3n) is 3.15. The van der Waals surface area contributed by atoms with Gasteiger partial charge in [-0.3, -0.25) is 4.79 Å². The molecule has 1 aliphatic rings. The number of carbonyl (C=O) groups is 1. The first-order valence-corrected chi connectivity index (χ1v) is 8.06. The van der Waals surface area contributed by atoms with E-state index in [9.17, 15) is 4.79 Å². The van der Waals surface area contributed by atoms with E-state index < -0.39 is 0 Å². The van der Waals surface area contributed by atoms with Crippen molar-refractivity contribution >= 4 is 21.8 Å². The van der Waals surface area contributed by atoms with Gasteiger partial charge in [-0.1, -0.05) is 28.9 Å². The summed E-state index contributed by atoms with van der Waals surface area (Å²) in [7, 11) is 0. The fourth-order valence-corrected chi connectivity index (χ4v) is 2.51. The number of amides is 1. The Morgan fingerprint density at radius 1 is 1.55 bits per heavy atom. The number of morpholine rings is 1. The molecule has 1 heterocycles. The Labute approximate surface area is 128 Å². The van der Waals surface area contributed by atoms with E-state index in [1.807, 2.05) is 29.2 Å². The molecule has 0 aromatic heterocycles. The number of nitrogens with zero attached hydrogens (tertiary/aromatic N) is 1. The number of rotatable bonds is 5. The number of hydrogen-bond acceptors (Lipinski definition) is 3. The van der Waals surface area contributed by atoms with Crippen LogP contribution in [-0.2, 0) is 4.74 Å². The largest absolute Gasteiger partial charge is 0.494 e. The van der Waals surface area contributed by atoms with Crippen LogP contribution in [0.1, 0.15) is 23.7 Å². The van der Waals surface area contributed by atoms with E-state index in [4.69, 9.17) is 9.47 Å². The Bertz CT molecular complexity index is 452. The summed E-state index contributed by atoms with van der Waals surface area (Å²) in [4.78, 5) is 14.3. The molecule has 1 unspecified atom stereocenters. The lowest BCUT2D eigenvalue weighted by molar-refractivity contribution is -0.00966. The van der Waals surface area contributed by atoms with Crippen LogP contribution < -0.4 is 4.74 Å². The van der Waals surface area contributed by atoms with E-state index in [-0.39, 0.29) is 12.0 Å². The first kappa shape index (κ1) is 15.3. The van der Waals surface area contributed by atoms with Crippen molar-refractivity contribution in [2.45, 2.75) is 19.4 Å². The van der Waals surface area contributed by atoms with Gasteiger partial charge in [0, 0.05) is 24.0 Å². The van der Waals surface area contributed by atoms with Crippen LogP contribution in [0.5, 0.6) is 5.75 Å². The zero-order chi connectivity index (χ0) is 14.4. The number of benzene rings is 1. The number of carbonyl (C=O) groups excluding carboxylic acids is 1. The van der Waals surface area contributed by atoms with Crippen molar-refractivity contribution in [1.29, 1.82) is 0 Å². The van der Waals surface area contributed by atoms with Crippen molar-refractivity contribution in [1.82, 2.24) is 4.90 Å². The SMILES string of the molecule is CCCOc1cccc(C(=O)N2CCOC(CBr)C2)c1. The molecule has 0 spiro atoms. The van der Waals surface area contributed by atoms with Gasteiger partial charge in [-0.15, -0.1) is 0 Å². The van der Waals surface area contributed by atoms with E-state index in [2.05, 4.69) is 22.9 Å². The van der Waals surface area contributed by atoms with Crippen LogP contribution in [0.4, 0.5) is 0 Å². The quantitative estimate of drug-likeness (QED) is 0.773. The highest BCUT2D eigenvalue weighted by Crippen LogP contribution is 2.17. The van der Waals surface area contributed by atoms with Gasteiger partial charge >= 0.3 is 0 Å². The number of alkyl halides is 1. The maximum atomic E-state index is 12.5. The maximum absolute atomic E-state index is 12.5. The molecular formula is C15H20BrNO3. The van der Waals surface area contributed by atoms with E-state index in [0.717, 1.165) is 17.5 Å². The van der Waals surface area contributed by atoms with Crippen LogP contribution in [0.3, 0.4) is 0 Å². The molecule has 20 heavy (non-hydrogen) atoms. The van der Waals surface area contributed by atoms with Gasteiger partial charge in [0.15, 0.2) is 0 Å². The zero-order valence-electron chi connectivity index (χ0n) is 11.7. The molecule has 1 atom stereocenters. The highest BCUT2D eigenvalue weighted by atomic mass is 79.9. The van der Waals surface area contributed by atoms with Gasteiger partial charge in [0.05, 0.1) is 19.3 Å². The number of hydrogen-bond donors (Lipinski definition) is 0. The summed E-state index contributed by atoms with van der Waals surface area (Å²) in [6.45, 7) is 4.59. The second kappa shape index (κ2) is 7.64. The molecule has 0 N–H and O–H groups in total. The third-order valence-corrected chi connectivity index (χ3v) is 3.87. The first-order valence-electron chi connectivity index (χ1n) is 6.94. The summed E-state index contributed by atoms with van der Waals surface area (Å²) in [6.07, 6.45) is 1.03. The van der Waals surface area contributed by atoms with E-state index in [1.165, 1.54) is 0 Å². The Morgan fingerprint density at radius 3 is 3.15 bits per heavy atom. The second-order valence-corrected chi connectivity index (χ2v) is 5.42. The van der Waals surface area contributed by atoms with Crippen molar-refractivity contribution in [2.24, 2.45) is 0 Å². The first-order chi connectivity index (χ1) is 9.74. The molecular weight excluding hydrogens is 322 g/mol. The summed E-state index contributed by atoms with van der Waals surface area (Å²) in [5.41, 5.74) is 0.675. The van der Waals surface area contributed by atoms with Gasteiger partial charge in [-0.25, -0.2) is 0 Å². The Balaban J connectivity index is 2.04. The Hall–Kier alpha value is -1.07. The standard InChI is InChI=1S/C15H20BrNO3/c1-2-7-19-13-5-3-4-12(9-13)15(18)17-6-8-20-14(10-16)11-17/h3-5,9,14H,2,6-8,10-11H2,1H3. The minimum Gasteiger partial charge on any atom is -0.494 e. The third kappa shape index (κ3) is 3.96. The molecule has 0 aliphatic carbocycles. The Kier molecular flexibility index (Phi) is 5.86. The van der Waals surface area contributed by atoms with Gasteiger partial charge < -0.3 is 14.4 Å². The lowest BCUT2D eigenvalue weighted by Gasteiger charge is -2.32. The lowest BCUT2D eigenvalue weighted by atomic mass is 10.1. The topological polar surface area (TPSA) is 38.8 Å². The second-order valence-electron chi connectivity index (χ2n) is 4.77. The predicted octanol–water partition coefficient (Wildman–Crippen LogP) is 2.71. The summed E-state index contributed by atoms with van der Waals surface area (Å²) in [5.74, 6) is 0.796. The minimum atomic E-state index is 0.0428. The zero-order valence-corrected chi connectivity index (χ0v) is 13.3. The van der Waals surface area contributed by atoms with Crippen LogP contribution in [0, 0.1) is 0 Å². The smallest absolute Gasteiger partial charge is 0.254 e. The molecule has 1 aromatic carbocycles. The fourth-order valence-electron chi connectivity index (χ4n) is 2.12. The van der Waals surface area contributed by atoms with Crippen LogP contribution >= 0.6 is 15.9 Å². The van der Waals surface area contributed by atoms with Crippen molar-refractivity contribution in [3.63, 3.8) is 0 Å².